The normalized spacial score (nSPS) is 11.9. The van der Waals surface area contributed by atoms with E-state index in [4.69, 9.17) is 5.11 Å². The van der Waals surface area contributed by atoms with Crippen LogP contribution in [0.4, 0.5) is 4.79 Å². The molecule has 0 bridgehead atoms. The SMILES string of the molecule is CCCN(CC(=O)O)C(=O)NC(C)CC. The predicted molar refractivity (Wildman–Crippen MR) is 57.8 cm³/mol. The molecule has 0 spiro atoms. The molecule has 0 fully saturated rings. The minimum absolute atomic E-state index is 0.0747. The fraction of sp³-hybridized carbons (Fsp3) is 0.800. The molecule has 0 aromatic rings. The van der Waals surface area contributed by atoms with Crippen LogP contribution in [-0.2, 0) is 4.79 Å². The minimum atomic E-state index is -0.984. The highest BCUT2D eigenvalue weighted by atomic mass is 16.4. The van der Waals surface area contributed by atoms with Gasteiger partial charge in [-0.15, -0.1) is 0 Å². The first-order chi connectivity index (χ1) is 7.01. The first-order valence-electron chi connectivity index (χ1n) is 5.28. The summed E-state index contributed by atoms with van der Waals surface area (Å²) in [4.78, 5) is 23.4. The van der Waals surface area contributed by atoms with E-state index >= 15 is 0 Å². The number of hydrogen-bond acceptors (Lipinski definition) is 2. The molecule has 0 aromatic heterocycles. The van der Waals surface area contributed by atoms with E-state index in [1.54, 1.807) is 0 Å². The van der Waals surface area contributed by atoms with Gasteiger partial charge in [0.05, 0.1) is 0 Å². The van der Waals surface area contributed by atoms with Gasteiger partial charge in [0.1, 0.15) is 6.54 Å². The number of amides is 2. The van der Waals surface area contributed by atoms with Crippen LogP contribution in [0.2, 0.25) is 0 Å². The predicted octanol–water partition coefficient (Wildman–Crippen LogP) is 1.29. The maximum absolute atomic E-state index is 11.6. The van der Waals surface area contributed by atoms with E-state index in [1.807, 2.05) is 20.8 Å². The smallest absolute Gasteiger partial charge is 0.323 e. The van der Waals surface area contributed by atoms with Gasteiger partial charge < -0.3 is 15.3 Å². The van der Waals surface area contributed by atoms with E-state index in [-0.39, 0.29) is 18.6 Å². The molecule has 2 N–H and O–H groups in total. The fourth-order valence-corrected chi connectivity index (χ4v) is 1.09. The number of aliphatic carboxylic acids is 1. The fourth-order valence-electron chi connectivity index (χ4n) is 1.09. The topological polar surface area (TPSA) is 69.6 Å². The number of urea groups is 1. The van der Waals surface area contributed by atoms with Gasteiger partial charge in [-0.25, -0.2) is 4.79 Å². The zero-order valence-corrected chi connectivity index (χ0v) is 9.62. The quantitative estimate of drug-likeness (QED) is 0.703. The van der Waals surface area contributed by atoms with Gasteiger partial charge >= 0.3 is 12.0 Å². The van der Waals surface area contributed by atoms with E-state index in [9.17, 15) is 9.59 Å². The van der Waals surface area contributed by atoms with Crippen molar-refractivity contribution < 1.29 is 14.7 Å². The molecule has 0 aliphatic heterocycles. The maximum Gasteiger partial charge on any atom is 0.323 e. The summed E-state index contributed by atoms with van der Waals surface area (Å²) in [7, 11) is 0. The molecule has 1 atom stereocenters. The molecule has 2 amide bonds. The van der Waals surface area contributed by atoms with Crippen LogP contribution in [0.1, 0.15) is 33.6 Å². The average Bonchev–Trinajstić information content (AvgIpc) is 2.16. The van der Waals surface area contributed by atoms with Crippen LogP contribution in [0, 0.1) is 0 Å². The highest BCUT2D eigenvalue weighted by Gasteiger charge is 2.16. The second kappa shape index (κ2) is 7.09. The Labute approximate surface area is 90.5 Å². The van der Waals surface area contributed by atoms with Gasteiger partial charge in [-0.2, -0.15) is 0 Å². The first-order valence-corrected chi connectivity index (χ1v) is 5.28. The van der Waals surface area contributed by atoms with Gasteiger partial charge in [-0.05, 0) is 19.8 Å². The second-order valence-electron chi connectivity index (χ2n) is 3.57. The Morgan fingerprint density at radius 3 is 2.40 bits per heavy atom. The van der Waals surface area contributed by atoms with Crippen molar-refractivity contribution in [1.82, 2.24) is 10.2 Å². The van der Waals surface area contributed by atoms with Crippen molar-refractivity contribution in [2.75, 3.05) is 13.1 Å². The molecule has 0 aliphatic rings. The van der Waals surface area contributed by atoms with Crippen LogP contribution in [0.25, 0.3) is 0 Å². The molecule has 5 heteroatoms. The van der Waals surface area contributed by atoms with Crippen molar-refractivity contribution in [2.24, 2.45) is 0 Å². The molecule has 0 heterocycles. The van der Waals surface area contributed by atoms with Crippen molar-refractivity contribution >= 4 is 12.0 Å². The average molecular weight is 216 g/mol. The Morgan fingerprint density at radius 1 is 1.40 bits per heavy atom. The van der Waals surface area contributed by atoms with Crippen LogP contribution >= 0.6 is 0 Å². The molecule has 1 unspecified atom stereocenters. The standard InChI is InChI=1S/C10H20N2O3/c1-4-6-12(7-9(13)14)10(15)11-8(3)5-2/h8H,4-7H2,1-3H3,(H,11,15)(H,13,14). The zero-order valence-electron chi connectivity index (χ0n) is 9.62. The molecule has 88 valence electrons. The lowest BCUT2D eigenvalue weighted by Gasteiger charge is -2.22. The lowest BCUT2D eigenvalue weighted by molar-refractivity contribution is -0.137. The van der Waals surface area contributed by atoms with Crippen molar-refractivity contribution in [2.45, 2.75) is 39.7 Å². The Morgan fingerprint density at radius 2 is 2.00 bits per heavy atom. The zero-order chi connectivity index (χ0) is 11.8. The van der Waals surface area contributed by atoms with E-state index < -0.39 is 5.97 Å². The number of carboxylic acid groups (broad SMARTS) is 1. The van der Waals surface area contributed by atoms with Gasteiger partial charge in [-0.3, -0.25) is 4.79 Å². The minimum Gasteiger partial charge on any atom is -0.480 e. The van der Waals surface area contributed by atoms with Crippen molar-refractivity contribution in [1.29, 1.82) is 0 Å². The van der Waals surface area contributed by atoms with Gasteiger partial charge in [0, 0.05) is 12.6 Å². The molecule has 0 aliphatic carbocycles. The Hall–Kier alpha value is -1.26. The van der Waals surface area contributed by atoms with Gasteiger partial charge in [0.2, 0.25) is 0 Å². The lowest BCUT2D eigenvalue weighted by Crippen LogP contribution is -2.46. The monoisotopic (exact) mass is 216 g/mol. The molecule has 0 saturated carbocycles. The van der Waals surface area contributed by atoms with Crippen LogP contribution < -0.4 is 5.32 Å². The highest BCUT2D eigenvalue weighted by molar-refractivity contribution is 5.80. The third-order valence-corrected chi connectivity index (χ3v) is 2.09. The van der Waals surface area contributed by atoms with Crippen molar-refractivity contribution in [3.63, 3.8) is 0 Å². The highest BCUT2D eigenvalue weighted by Crippen LogP contribution is 1.96. The van der Waals surface area contributed by atoms with E-state index in [0.717, 1.165) is 12.8 Å². The molecule has 0 rings (SSSR count). The second-order valence-corrected chi connectivity index (χ2v) is 3.57. The molecule has 0 saturated heterocycles. The molecule has 0 aromatic carbocycles. The number of carbonyl (C=O) groups excluding carboxylic acids is 1. The van der Waals surface area contributed by atoms with E-state index in [2.05, 4.69) is 5.32 Å². The Kier molecular flexibility index (Phi) is 6.49. The molecular weight excluding hydrogens is 196 g/mol. The van der Waals surface area contributed by atoms with Crippen LogP contribution in [-0.4, -0.2) is 41.1 Å². The van der Waals surface area contributed by atoms with E-state index in [1.165, 1.54) is 4.90 Å². The number of nitrogens with one attached hydrogen (secondary N) is 1. The Balaban J connectivity index is 4.21. The molecule has 15 heavy (non-hydrogen) atoms. The van der Waals surface area contributed by atoms with Crippen molar-refractivity contribution in [3.8, 4) is 0 Å². The van der Waals surface area contributed by atoms with Crippen LogP contribution in [0.5, 0.6) is 0 Å². The summed E-state index contributed by atoms with van der Waals surface area (Å²) in [6.07, 6.45) is 1.58. The summed E-state index contributed by atoms with van der Waals surface area (Å²) in [5.41, 5.74) is 0. The first kappa shape index (κ1) is 13.7. The number of rotatable bonds is 6. The number of nitrogens with zero attached hydrogens (tertiary/aromatic N) is 1. The van der Waals surface area contributed by atoms with Crippen molar-refractivity contribution in [3.05, 3.63) is 0 Å². The van der Waals surface area contributed by atoms with Crippen LogP contribution in [0.3, 0.4) is 0 Å². The maximum atomic E-state index is 11.6. The van der Waals surface area contributed by atoms with Crippen LogP contribution in [0.15, 0.2) is 0 Å². The molecule has 0 radical (unpaired) electrons. The summed E-state index contributed by atoms with van der Waals surface area (Å²) in [5.74, 6) is -0.984. The molecule has 5 nitrogen and oxygen atoms in total. The third-order valence-electron chi connectivity index (χ3n) is 2.09. The largest absolute Gasteiger partial charge is 0.480 e. The lowest BCUT2D eigenvalue weighted by atomic mass is 10.3. The summed E-state index contributed by atoms with van der Waals surface area (Å²) < 4.78 is 0. The summed E-state index contributed by atoms with van der Waals surface area (Å²) in [5, 5.41) is 11.4. The third kappa shape index (κ3) is 5.93. The summed E-state index contributed by atoms with van der Waals surface area (Å²) in [6.45, 7) is 5.99. The summed E-state index contributed by atoms with van der Waals surface area (Å²) in [6, 6.07) is -0.223. The van der Waals surface area contributed by atoms with Gasteiger partial charge in [-0.1, -0.05) is 13.8 Å². The summed E-state index contributed by atoms with van der Waals surface area (Å²) >= 11 is 0. The number of carbonyl (C=O) groups is 2. The Bertz CT molecular complexity index is 219. The molecular formula is C10H20N2O3. The number of carboxylic acids is 1. The van der Waals surface area contributed by atoms with Gasteiger partial charge in [0.25, 0.3) is 0 Å². The van der Waals surface area contributed by atoms with E-state index in [0.29, 0.717) is 6.54 Å². The number of hydrogen-bond donors (Lipinski definition) is 2. The van der Waals surface area contributed by atoms with Gasteiger partial charge in [0.15, 0.2) is 0 Å².